The van der Waals surface area contributed by atoms with Crippen molar-refractivity contribution in [1.82, 2.24) is 4.98 Å². The van der Waals surface area contributed by atoms with Crippen molar-refractivity contribution in [3.63, 3.8) is 0 Å². The quantitative estimate of drug-likeness (QED) is 0.856. The minimum Gasteiger partial charge on any atom is -0.307 e. The molecule has 2 aromatic rings. The summed E-state index contributed by atoms with van der Waals surface area (Å²) in [6.45, 7) is 0. The number of nitrogens with one attached hydrogen (secondary N) is 1. The second kappa shape index (κ2) is 4.24. The smallest absolute Gasteiger partial charge is 0.305 e. The largest absolute Gasteiger partial charge is 0.307 e. The third-order valence-electron chi connectivity index (χ3n) is 5.32. The second-order valence-electron chi connectivity index (χ2n) is 6.19. The molecule has 0 spiro atoms. The minimum absolute atomic E-state index is 0.122. The molecule has 5 heteroatoms. The third kappa shape index (κ3) is 1.54. The van der Waals surface area contributed by atoms with Crippen molar-refractivity contribution in [1.29, 1.82) is 0 Å². The number of thioether (sulfide) groups is 1. The summed E-state index contributed by atoms with van der Waals surface area (Å²) in [5.41, 5.74) is 0. The molecule has 5 atom stereocenters. The molecule has 0 unspecified atom stereocenters. The van der Waals surface area contributed by atoms with Gasteiger partial charge in [-0.2, -0.15) is 0 Å². The van der Waals surface area contributed by atoms with Gasteiger partial charge in [0.2, 0.25) is 0 Å². The SMILES string of the molecule is O=c1[nH]c2c(s1)[C@@H](c1cccs1)[C@@H]1[C@@H]3CC[C@@H](C3)[C@@H]1S2. The molecular formula is C15H15NOS3. The first kappa shape index (κ1) is 12.1. The lowest BCUT2D eigenvalue weighted by Gasteiger charge is -2.39. The Morgan fingerprint density at radius 2 is 2.15 bits per heavy atom. The Bertz CT molecular complexity index is 701. The zero-order valence-electron chi connectivity index (χ0n) is 10.9. The van der Waals surface area contributed by atoms with Crippen molar-refractivity contribution in [2.24, 2.45) is 17.8 Å². The van der Waals surface area contributed by atoms with Crippen LogP contribution in [0.5, 0.6) is 0 Å². The molecule has 0 aromatic carbocycles. The molecule has 1 N–H and O–H groups in total. The lowest BCUT2D eigenvalue weighted by Crippen LogP contribution is -2.33. The van der Waals surface area contributed by atoms with Crippen LogP contribution in [0, 0.1) is 17.8 Å². The maximum Gasteiger partial charge on any atom is 0.305 e. The molecular weight excluding hydrogens is 306 g/mol. The fraction of sp³-hybridized carbons (Fsp3) is 0.533. The first-order valence-electron chi connectivity index (χ1n) is 7.24. The Morgan fingerprint density at radius 3 is 3.00 bits per heavy atom. The van der Waals surface area contributed by atoms with Crippen LogP contribution in [0.25, 0.3) is 0 Å². The zero-order chi connectivity index (χ0) is 13.3. The molecule has 2 aromatic heterocycles. The van der Waals surface area contributed by atoms with Crippen molar-refractivity contribution in [3.05, 3.63) is 36.9 Å². The summed E-state index contributed by atoms with van der Waals surface area (Å²) in [6.07, 6.45) is 4.23. The Balaban J connectivity index is 1.71. The van der Waals surface area contributed by atoms with Gasteiger partial charge in [-0.1, -0.05) is 17.4 Å². The molecule has 0 saturated heterocycles. The normalized spacial score (nSPS) is 37.9. The number of thiophene rings is 1. The van der Waals surface area contributed by atoms with Gasteiger partial charge >= 0.3 is 4.87 Å². The van der Waals surface area contributed by atoms with Crippen LogP contribution in [0.3, 0.4) is 0 Å². The van der Waals surface area contributed by atoms with E-state index in [0.717, 1.165) is 23.0 Å². The Hall–Kier alpha value is -0.520. The van der Waals surface area contributed by atoms with Gasteiger partial charge in [0.25, 0.3) is 0 Å². The highest BCUT2D eigenvalue weighted by atomic mass is 32.2. The molecule has 1 aliphatic heterocycles. The van der Waals surface area contributed by atoms with E-state index in [2.05, 4.69) is 22.5 Å². The maximum atomic E-state index is 11.8. The molecule has 2 bridgehead atoms. The predicted molar refractivity (Wildman–Crippen MR) is 85.1 cm³/mol. The molecule has 0 amide bonds. The van der Waals surface area contributed by atoms with Crippen molar-refractivity contribution >= 4 is 34.4 Å². The average molecular weight is 321 g/mol. The van der Waals surface area contributed by atoms with Gasteiger partial charge in [0, 0.05) is 20.9 Å². The van der Waals surface area contributed by atoms with Gasteiger partial charge in [-0.15, -0.1) is 23.1 Å². The molecule has 3 heterocycles. The molecule has 2 fully saturated rings. The van der Waals surface area contributed by atoms with E-state index < -0.39 is 0 Å². The van der Waals surface area contributed by atoms with Crippen LogP contribution in [0.4, 0.5) is 0 Å². The van der Waals surface area contributed by atoms with Gasteiger partial charge in [-0.25, -0.2) is 0 Å². The zero-order valence-corrected chi connectivity index (χ0v) is 13.3. The van der Waals surface area contributed by atoms with Gasteiger partial charge in [-0.3, -0.25) is 4.79 Å². The number of fused-ring (bicyclic) bond motifs is 6. The van der Waals surface area contributed by atoms with E-state index in [1.165, 1.54) is 45.4 Å². The van der Waals surface area contributed by atoms with E-state index in [4.69, 9.17) is 0 Å². The summed E-state index contributed by atoms with van der Waals surface area (Å²) in [4.78, 5) is 17.8. The van der Waals surface area contributed by atoms with Gasteiger partial charge in [0.15, 0.2) is 0 Å². The van der Waals surface area contributed by atoms with E-state index in [-0.39, 0.29) is 4.87 Å². The molecule has 5 rings (SSSR count). The monoisotopic (exact) mass is 321 g/mol. The molecule has 104 valence electrons. The fourth-order valence-electron chi connectivity index (χ4n) is 4.64. The number of hydrogen-bond acceptors (Lipinski definition) is 4. The molecule has 2 aliphatic carbocycles. The average Bonchev–Trinajstić information content (AvgIpc) is 3.19. The summed E-state index contributed by atoms with van der Waals surface area (Å²) in [5, 5.41) is 4.08. The minimum atomic E-state index is 0.122. The summed E-state index contributed by atoms with van der Waals surface area (Å²) in [5.74, 6) is 3.01. The van der Waals surface area contributed by atoms with Crippen molar-refractivity contribution in [3.8, 4) is 0 Å². The fourth-order valence-corrected chi connectivity index (χ4v) is 8.49. The van der Waals surface area contributed by atoms with E-state index in [1.54, 1.807) is 0 Å². The second-order valence-corrected chi connectivity index (χ2v) is 9.38. The standard InChI is InChI=1S/C15H15NOS3/c17-15-16-14-13(20-15)11(9-2-1-5-18-9)10-7-3-4-8(6-7)12(10)19-14/h1-2,5,7-8,10-12H,3-4,6H2,(H,16,17)/t7-,8+,10+,11+,12+/m1/s1. The van der Waals surface area contributed by atoms with Crippen molar-refractivity contribution in [2.75, 3.05) is 0 Å². The lowest BCUT2D eigenvalue weighted by atomic mass is 9.77. The number of hydrogen-bond donors (Lipinski definition) is 1. The number of aromatic nitrogens is 1. The van der Waals surface area contributed by atoms with Crippen LogP contribution < -0.4 is 4.87 Å². The van der Waals surface area contributed by atoms with Crippen LogP contribution >= 0.6 is 34.4 Å². The van der Waals surface area contributed by atoms with E-state index in [0.29, 0.717) is 5.92 Å². The van der Waals surface area contributed by atoms with Crippen LogP contribution in [0.1, 0.15) is 34.9 Å². The summed E-state index contributed by atoms with van der Waals surface area (Å²) >= 11 is 5.28. The van der Waals surface area contributed by atoms with Gasteiger partial charge in [-0.05, 0) is 48.5 Å². The lowest BCUT2D eigenvalue weighted by molar-refractivity contribution is 0.310. The Kier molecular flexibility index (Phi) is 2.56. The maximum absolute atomic E-state index is 11.8. The van der Waals surface area contributed by atoms with E-state index in [1.807, 2.05) is 23.1 Å². The summed E-state index contributed by atoms with van der Waals surface area (Å²) < 4.78 is 0. The number of rotatable bonds is 1. The van der Waals surface area contributed by atoms with Crippen molar-refractivity contribution in [2.45, 2.75) is 35.5 Å². The van der Waals surface area contributed by atoms with E-state index in [9.17, 15) is 4.79 Å². The first-order chi connectivity index (χ1) is 9.81. The topological polar surface area (TPSA) is 32.9 Å². The predicted octanol–water partition coefficient (Wildman–Crippen LogP) is 4.15. The van der Waals surface area contributed by atoms with Gasteiger partial charge in [0.1, 0.15) is 0 Å². The third-order valence-corrected chi connectivity index (χ3v) is 8.89. The number of aromatic amines is 1. The highest BCUT2D eigenvalue weighted by Crippen LogP contribution is 2.63. The van der Waals surface area contributed by atoms with E-state index >= 15 is 0 Å². The van der Waals surface area contributed by atoms with Gasteiger partial charge in [0.05, 0.1) is 5.03 Å². The van der Waals surface area contributed by atoms with Crippen molar-refractivity contribution < 1.29 is 0 Å². The van der Waals surface area contributed by atoms with Crippen LogP contribution in [-0.4, -0.2) is 10.2 Å². The molecule has 20 heavy (non-hydrogen) atoms. The number of H-pyrrole nitrogens is 1. The van der Waals surface area contributed by atoms with Crippen LogP contribution in [0.15, 0.2) is 27.3 Å². The van der Waals surface area contributed by atoms with Crippen LogP contribution in [0.2, 0.25) is 0 Å². The van der Waals surface area contributed by atoms with Gasteiger partial charge < -0.3 is 4.98 Å². The summed E-state index contributed by atoms with van der Waals surface area (Å²) in [6, 6.07) is 4.42. The highest BCUT2D eigenvalue weighted by molar-refractivity contribution is 8.00. The molecule has 2 nitrogen and oxygen atoms in total. The molecule has 0 radical (unpaired) electrons. The summed E-state index contributed by atoms with van der Waals surface area (Å²) in [7, 11) is 0. The Labute approximate surface area is 129 Å². The first-order valence-corrected chi connectivity index (χ1v) is 9.82. The Morgan fingerprint density at radius 1 is 1.25 bits per heavy atom. The highest BCUT2D eigenvalue weighted by Gasteiger charge is 2.54. The molecule has 3 aliphatic rings. The molecule has 2 saturated carbocycles. The number of thiazole rings is 1. The van der Waals surface area contributed by atoms with Crippen LogP contribution in [-0.2, 0) is 0 Å².